The summed E-state index contributed by atoms with van der Waals surface area (Å²) in [5.41, 5.74) is 2.65. The number of oxime groups is 1. The molecule has 3 aromatic carbocycles. The van der Waals surface area contributed by atoms with Crippen molar-refractivity contribution in [3.8, 4) is 0 Å². The van der Waals surface area contributed by atoms with E-state index in [9.17, 15) is 19.5 Å². The second-order valence-corrected chi connectivity index (χ2v) is 13.9. The van der Waals surface area contributed by atoms with Gasteiger partial charge in [0.25, 0.3) is 11.8 Å². The highest BCUT2D eigenvalue weighted by molar-refractivity contribution is 8.00. The molecule has 1 aromatic heterocycles. The number of carboxylic acid groups (broad SMARTS) is 1. The third-order valence-corrected chi connectivity index (χ3v) is 10.6. The first kappa shape index (κ1) is 33.9. The molecule has 3 heterocycles. The van der Waals surface area contributed by atoms with Gasteiger partial charge in [-0.15, -0.1) is 23.1 Å². The van der Waals surface area contributed by atoms with Crippen molar-refractivity contribution in [2.24, 2.45) is 5.16 Å². The summed E-state index contributed by atoms with van der Waals surface area (Å²) in [5.74, 6) is -3.16. The zero-order valence-corrected chi connectivity index (χ0v) is 28.9. The minimum absolute atomic E-state index is 0.0488. The SMILES string of the molecule is COC(C)(C)ON=C(C(=O)NC1C(=O)N2C(C(=O)O)=C(C)CS[C@H]12)c1csc(NC(c2ccccc2)(c2ccccc2)c2ccccc2)n1. The summed E-state index contributed by atoms with van der Waals surface area (Å²) in [5, 5.41) is 22.0. The van der Waals surface area contributed by atoms with E-state index >= 15 is 0 Å². The van der Waals surface area contributed by atoms with Crippen LogP contribution in [0.2, 0.25) is 0 Å². The number of fused-ring (bicyclic) bond motifs is 1. The van der Waals surface area contributed by atoms with E-state index in [1.165, 1.54) is 35.1 Å². The Kier molecular flexibility index (Phi) is 9.59. The molecule has 2 atom stereocenters. The van der Waals surface area contributed by atoms with Crippen molar-refractivity contribution in [2.45, 2.75) is 43.5 Å². The Morgan fingerprint density at radius 2 is 1.51 bits per heavy atom. The fourth-order valence-corrected chi connectivity index (χ4v) is 7.81. The number of aliphatic carboxylic acids is 1. The summed E-state index contributed by atoms with van der Waals surface area (Å²) in [7, 11) is 1.45. The van der Waals surface area contributed by atoms with E-state index in [1.54, 1.807) is 26.2 Å². The van der Waals surface area contributed by atoms with E-state index in [1.807, 2.05) is 54.6 Å². The number of thiazole rings is 1. The normalized spacial score (nSPS) is 18.0. The Balaban J connectivity index is 1.36. The summed E-state index contributed by atoms with van der Waals surface area (Å²) in [6.07, 6.45) is 0. The number of rotatable bonds is 12. The highest BCUT2D eigenvalue weighted by Gasteiger charge is 2.54. The van der Waals surface area contributed by atoms with E-state index in [2.05, 4.69) is 52.2 Å². The molecule has 2 amide bonds. The standard InChI is InChI=1S/C36H35N5O6S2/c1-22-20-48-32-28(31(43)41(32)29(22)33(44)45)38-30(42)27(40-47-35(2,3)46-4)26-21-49-34(37-26)39-36(23-14-8-5-9-15-23,24-16-10-6-11-17-24)25-18-12-7-13-19-25/h5-19,21,28,32H,20H2,1-4H3,(H,37,39)(H,38,42)(H,44,45)/t28?,32-/m1/s1. The molecule has 0 aliphatic carbocycles. The van der Waals surface area contributed by atoms with Gasteiger partial charge in [0.2, 0.25) is 5.79 Å². The van der Waals surface area contributed by atoms with Crippen LogP contribution in [0.15, 0.2) is 113 Å². The Hall–Kier alpha value is -4.98. The van der Waals surface area contributed by atoms with Crippen LogP contribution in [0.5, 0.6) is 0 Å². The third kappa shape index (κ3) is 6.56. The van der Waals surface area contributed by atoms with Crippen LogP contribution in [0.3, 0.4) is 0 Å². The number of anilines is 1. The number of thioether (sulfide) groups is 1. The van der Waals surface area contributed by atoms with E-state index < -0.39 is 40.5 Å². The molecule has 11 nitrogen and oxygen atoms in total. The lowest BCUT2D eigenvalue weighted by Gasteiger charge is -2.49. The van der Waals surface area contributed by atoms with Crippen molar-refractivity contribution in [2.75, 3.05) is 18.2 Å². The van der Waals surface area contributed by atoms with Gasteiger partial charge < -0.3 is 25.3 Å². The van der Waals surface area contributed by atoms with Gasteiger partial charge in [0.05, 0.1) is 0 Å². The molecule has 0 spiro atoms. The molecule has 49 heavy (non-hydrogen) atoms. The average Bonchev–Trinajstić information content (AvgIpc) is 3.58. The van der Waals surface area contributed by atoms with Gasteiger partial charge in [-0.25, -0.2) is 9.78 Å². The van der Waals surface area contributed by atoms with Crippen LogP contribution in [0, 0.1) is 0 Å². The van der Waals surface area contributed by atoms with Crippen molar-refractivity contribution < 1.29 is 29.1 Å². The summed E-state index contributed by atoms with van der Waals surface area (Å²) >= 11 is 2.67. The molecular formula is C36H35N5O6S2. The van der Waals surface area contributed by atoms with Gasteiger partial charge >= 0.3 is 5.97 Å². The minimum Gasteiger partial charge on any atom is -0.477 e. The molecule has 1 unspecified atom stereocenters. The van der Waals surface area contributed by atoms with Gasteiger partial charge in [0.1, 0.15) is 28.3 Å². The summed E-state index contributed by atoms with van der Waals surface area (Å²) < 4.78 is 5.35. The number of benzene rings is 3. The van der Waals surface area contributed by atoms with Crippen molar-refractivity contribution >= 4 is 51.7 Å². The van der Waals surface area contributed by atoms with Crippen LogP contribution >= 0.6 is 23.1 Å². The van der Waals surface area contributed by atoms with E-state index in [4.69, 9.17) is 14.6 Å². The predicted octanol–water partition coefficient (Wildman–Crippen LogP) is 5.41. The largest absolute Gasteiger partial charge is 0.477 e. The molecular weight excluding hydrogens is 663 g/mol. The molecule has 4 aromatic rings. The number of carbonyl (C=O) groups excluding carboxylic acids is 2. The van der Waals surface area contributed by atoms with Gasteiger partial charge in [-0.2, -0.15) is 0 Å². The molecule has 252 valence electrons. The van der Waals surface area contributed by atoms with E-state index in [0.717, 1.165) is 16.7 Å². The Bertz CT molecular complexity index is 1820. The van der Waals surface area contributed by atoms with Gasteiger partial charge in [-0.3, -0.25) is 14.5 Å². The van der Waals surface area contributed by atoms with E-state index in [-0.39, 0.29) is 17.1 Å². The molecule has 0 bridgehead atoms. The maximum absolute atomic E-state index is 13.9. The number of nitrogens with zero attached hydrogens (tertiary/aromatic N) is 3. The van der Waals surface area contributed by atoms with Crippen molar-refractivity contribution in [3.05, 3.63) is 130 Å². The highest BCUT2D eigenvalue weighted by atomic mass is 32.2. The fraction of sp³-hybridized carbons (Fsp3) is 0.250. The second kappa shape index (κ2) is 13.9. The summed E-state index contributed by atoms with van der Waals surface area (Å²) in [6.45, 7) is 4.96. The molecule has 6 rings (SSSR count). The number of nitrogens with one attached hydrogen (secondary N) is 2. The first-order chi connectivity index (χ1) is 23.6. The van der Waals surface area contributed by atoms with Crippen LogP contribution in [0.25, 0.3) is 0 Å². The zero-order valence-electron chi connectivity index (χ0n) is 27.2. The Labute approximate surface area is 292 Å². The van der Waals surface area contributed by atoms with Crippen LogP contribution in [-0.2, 0) is 29.5 Å². The lowest BCUT2D eigenvalue weighted by Crippen LogP contribution is -2.71. The smallest absolute Gasteiger partial charge is 0.352 e. The molecule has 0 saturated carbocycles. The number of carbonyl (C=O) groups is 3. The number of carboxylic acids is 1. The van der Waals surface area contributed by atoms with Gasteiger partial charge in [0, 0.05) is 32.1 Å². The monoisotopic (exact) mass is 697 g/mol. The average molecular weight is 698 g/mol. The maximum Gasteiger partial charge on any atom is 0.352 e. The van der Waals surface area contributed by atoms with Crippen molar-refractivity contribution in [1.29, 1.82) is 0 Å². The number of aromatic nitrogens is 1. The summed E-state index contributed by atoms with van der Waals surface area (Å²) in [6, 6.07) is 29.2. The number of ether oxygens (including phenoxy) is 1. The first-order valence-corrected chi connectivity index (χ1v) is 17.4. The molecule has 1 fully saturated rings. The van der Waals surface area contributed by atoms with Crippen LogP contribution in [0.1, 0.15) is 43.2 Å². The predicted molar refractivity (Wildman–Crippen MR) is 189 cm³/mol. The molecule has 0 radical (unpaired) electrons. The third-order valence-electron chi connectivity index (χ3n) is 8.37. The number of β-lactam (4-membered cyclic amide) rings is 1. The first-order valence-electron chi connectivity index (χ1n) is 15.5. The number of hydrogen-bond donors (Lipinski definition) is 3. The highest BCUT2D eigenvalue weighted by Crippen LogP contribution is 2.42. The lowest BCUT2D eigenvalue weighted by atomic mass is 9.77. The zero-order chi connectivity index (χ0) is 34.8. The molecule has 13 heteroatoms. The second-order valence-electron chi connectivity index (χ2n) is 11.9. The van der Waals surface area contributed by atoms with Crippen LogP contribution in [0.4, 0.5) is 5.13 Å². The number of amides is 2. The topological polar surface area (TPSA) is 142 Å². The fourth-order valence-electron chi connectivity index (χ4n) is 5.76. The maximum atomic E-state index is 13.9. The molecule has 3 N–H and O–H groups in total. The Morgan fingerprint density at radius 1 is 0.959 bits per heavy atom. The lowest BCUT2D eigenvalue weighted by molar-refractivity contribution is -0.197. The van der Waals surface area contributed by atoms with Crippen LogP contribution in [-0.4, -0.2) is 68.6 Å². The number of methoxy groups -OCH3 is 1. The molecule has 2 aliphatic rings. The quantitative estimate of drug-likeness (QED) is 0.0583. The van der Waals surface area contributed by atoms with Gasteiger partial charge in [-0.05, 0) is 29.2 Å². The minimum atomic E-state index is -1.18. The molecule has 2 aliphatic heterocycles. The van der Waals surface area contributed by atoms with Gasteiger partial charge in [-0.1, -0.05) is 96.2 Å². The van der Waals surface area contributed by atoms with Gasteiger partial charge in [0.15, 0.2) is 10.8 Å². The van der Waals surface area contributed by atoms with Crippen molar-refractivity contribution in [1.82, 2.24) is 15.2 Å². The van der Waals surface area contributed by atoms with Crippen molar-refractivity contribution in [3.63, 3.8) is 0 Å². The molecule has 1 saturated heterocycles. The summed E-state index contributed by atoms with van der Waals surface area (Å²) in [4.78, 5) is 50.6. The Morgan fingerprint density at radius 3 is 2.02 bits per heavy atom. The van der Waals surface area contributed by atoms with E-state index in [0.29, 0.717) is 16.5 Å². The van der Waals surface area contributed by atoms with Crippen LogP contribution < -0.4 is 10.6 Å². The number of hydrogen-bond acceptors (Lipinski definition) is 10.